The first-order valence-corrected chi connectivity index (χ1v) is 7.74. The summed E-state index contributed by atoms with van der Waals surface area (Å²) in [5.74, 6) is 0. The summed E-state index contributed by atoms with van der Waals surface area (Å²) < 4.78 is 1.24. The van der Waals surface area contributed by atoms with Gasteiger partial charge in [-0.15, -0.1) is 22.7 Å². The fourth-order valence-electron chi connectivity index (χ4n) is 1.63. The number of aryl methyl sites for hydroxylation is 1. The van der Waals surface area contributed by atoms with Gasteiger partial charge in [0, 0.05) is 9.75 Å². The van der Waals surface area contributed by atoms with Crippen LogP contribution < -0.4 is 5.32 Å². The van der Waals surface area contributed by atoms with Crippen molar-refractivity contribution < 1.29 is 0 Å². The van der Waals surface area contributed by atoms with E-state index in [4.69, 9.17) is 0 Å². The highest BCUT2D eigenvalue weighted by Crippen LogP contribution is 2.35. The second-order valence-corrected chi connectivity index (χ2v) is 6.99. The Morgan fingerprint density at radius 1 is 1.44 bits per heavy atom. The largest absolute Gasteiger partial charge is 0.305 e. The lowest BCUT2D eigenvalue weighted by Gasteiger charge is -2.14. The van der Waals surface area contributed by atoms with E-state index in [1.54, 1.807) is 0 Å². The van der Waals surface area contributed by atoms with Crippen molar-refractivity contribution in [2.75, 3.05) is 6.54 Å². The number of halogens is 1. The van der Waals surface area contributed by atoms with Crippen LogP contribution in [-0.2, 0) is 0 Å². The van der Waals surface area contributed by atoms with E-state index >= 15 is 0 Å². The summed E-state index contributed by atoms with van der Waals surface area (Å²) in [4.78, 5) is 2.77. The molecule has 0 aliphatic rings. The average molecular weight is 316 g/mol. The molecule has 16 heavy (non-hydrogen) atoms. The molecule has 2 heterocycles. The fourth-order valence-corrected chi connectivity index (χ4v) is 4.19. The van der Waals surface area contributed by atoms with Gasteiger partial charge in [-0.05, 0) is 52.5 Å². The maximum absolute atomic E-state index is 3.59. The molecule has 0 amide bonds. The van der Waals surface area contributed by atoms with Crippen LogP contribution >= 0.6 is 38.6 Å². The van der Waals surface area contributed by atoms with Gasteiger partial charge in [0.2, 0.25) is 0 Å². The molecule has 0 aliphatic carbocycles. The van der Waals surface area contributed by atoms with Crippen molar-refractivity contribution in [2.45, 2.75) is 19.9 Å². The van der Waals surface area contributed by atoms with Crippen LogP contribution in [0.4, 0.5) is 0 Å². The van der Waals surface area contributed by atoms with E-state index in [0.717, 1.165) is 6.54 Å². The van der Waals surface area contributed by atoms with Crippen molar-refractivity contribution in [2.24, 2.45) is 0 Å². The summed E-state index contributed by atoms with van der Waals surface area (Å²) in [7, 11) is 0. The van der Waals surface area contributed by atoms with E-state index in [1.165, 1.54) is 19.1 Å². The van der Waals surface area contributed by atoms with Crippen molar-refractivity contribution in [1.82, 2.24) is 5.32 Å². The van der Waals surface area contributed by atoms with Gasteiger partial charge in [-0.25, -0.2) is 0 Å². The van der Waals surface area contributed by atoms with Crippen molar-refractivity contribution in [3.8, 4) is 0 Å². The van der Waals surface area contributed by atoms with Gasteiger partial charge in [0.25, 0.3) is 0 Å². The van der Waals surface area contributed by atoms with Gasteiger partial charge >= 0.3 is 0 Å². The molecule has 86 valence electrons. The van der Waals surface area contributed by atoms with Crippen molar-refractivity contribution in [1.29, 1.82) is 0 Å². The van der Waals surface area contributed by atoms with Gasteiger partial charge in [0.15, 0.2) is 0 Å². The molecule has 0 saturated heterocycles. The Hall–Kier alpha value is -0.160. The van der Waals surface area contributed by atoms with Crippen molar-refractivity contribution >= 4 is 38.6 Å². The van der Waals surface area contributed by atoms with Crippen LogP contribution in [0.1, 0.15) is 28.3 Å². The minimum Gasteiger partial charge on any atom is -0.305 e. The normalized spacial score (nSPS) is 12.9. The SMILES string of the molecule is CCNC(c1cccs1)c1cc(C)c(Br)s1. The maximum Gasteiger partial charge on any atom is 0.0765 e. The molecular weight excluding hydrogens is 302 g/mol. The molecule has 0 saturated carbocycles. The van der Waals surface area contributed by atoms with Gasteiger partial charge in [0.05, 0.1) is 9.83 Å². The van der Waals surface area contributed by atoms with Crippen molar-refractivity contribution in [3.05, 3.63) is 42.7 Å². The van der Waals surface area contributed by atoms with Crippen LogP contribution in [0.3, 0.4) is 0 Å². The minimum atomic E-state index is 0.347. The zero-order valence-corrected chi connectivity index (χ0v) is 12.5. The quantitative estimate of drug-likeness (QED) is 0.870. The van der Waals surface area contributed by atoms with Crippen LogP contribution in [0.15, 0.2) is 27.4 Å². The molecule has 1 unspecified atom stereocenters. The van der Waals surface area contributed by atoms with Gasteiger partial charge in [0.1, 0.15) is 0 Å². The van der Waals surface area contributed by atoms with E-state index in [0.29, 0.717) is 6.04 Å². The summed E-state index contributed by atoms with van der Waals surface area (Å²) >= 11 is 7.22. The third kappa shape index (κ3) is 2.56. The molecule has 4 heteroatoms. The van der Waals surface area contributed by atoms with Crippen LogP contribution in [-0.4, -0.2) is 6.54 Å². The first kappa shape index (κ1) is 12.3. The molecule has 0 radical (unpaired) electrons. The van der Waals surface area contributed by atoms with Crippen LogP contribution in [0.2, 0.25) is 0 Å². The molecule has 0 fully saturated rings. The van der Waals surface area contributed by atoms with Crippen molar-refractivity contribution in [3.63, 3.8) is 0 Å². The maximum atomic E-state index is 3.59. The second-order valence-electron chi connectivity index (χ2n) is 3.61. The van der Waals surface area contributed by atoms with Gasteiger partial charge in [-0.2, -0.15) is 0 Å². The third-order valence-electron chi connectivity index (χ3n) is 2.40. The number of hydrogen-bond donors (Lipinski definition) is 1. The summed E-state index contributed by atoms with van der Waals surface area (Å²) in [5.41, 5.74) is 1.32. The van der Waals surface area contributed by atoms with Gasteiger partial charge in [-0.3, -0.25) is 0 Å². The first-order valence-electron chi connectivity index (χ1n) is 5.25. The van der Waals surface area contributed by atoms with E-state index in [1.807, 2.05) is 22.7 Å². The van der Waals surface area contributed by atoms with Crippen LogP contribution in [0.25, 0.3) is 0 Å². The molecule has 2 aromatic rings. The second kappa shape index (κ2) is 5.45. The number of rotatable bonds is 4. The molecule has 1 N–H and O–H groups in total. The highest BCUT2D eigenvalue weighted by atomic mass is 79.9. The Bertz CT molecular complexity index is 428. The van der Waals surface area contributed by atoms with Crippen LogP contribution in [0.5, 0.6) is 0 Å². The molecule has 1 nitrogen and oxygen atoms in total. The zero-order chi connectivity index (χ0) is 11.5. The number of thiophene rings is 2. The summed E-state index contributed by atoms with van der Waals surface area (Å²) in [6.45, 7) is 5.27. The molecule has 1 atom stereocenters. The smallest absolute Gasteiger partial charge is 0.0765 e. The Morgan fingerprint density at radius 2 is 2.25 bits per heavy atom. The summed E-state index contributed by atoms with van der Waals surface area (Å²) in [6.07, 6.45) is 0. The first-order chi connectivity index (χ1) is 7.72. The highest BCUT2D eigenvalue weighted by Gasteiger charge is 2.17. The third-order valence-corrected chi connectivity index (χ3v) is 5.54. The molecule has 0 aliphatic heterocycles. The standard InChI is InChI=1S/C12H14BrNS2/c1-3-14-11(9-5-4-6-15-9)10-7-8(2)12(13)16-10/h4-7,11,14H,3H2,1-2H3. The topological polar surface area (TPSA) is 12.0 Å². The molecule has 0 aromatic carbocycles. The lowest BCUT2D eigenvalue weighted by molar-refractivity contribution is 0.648. The fraction of sp³-hybridized carbons (Fsp3) is 0.333. The van der Waals surface area contributed by atoms with E-state index < -0.39 is 0 Å². The Kier molecular flexibility index (Phi) is 4.19. The van der Waals surface area contributed by atoms with E-state index in [9.17, 15) is 0 Å². The molecular formula is C12H14BrNS2. The highest BCUT2D eigenvalue weighted by molar-refractivity contribution is 9.11. The van der Waals surface area contributed by atoms with E-state index in [-0.39, 0.29) is 0 Å². The summed E-state index contributed by atoms with van der Waals surface area (Å²) in [6, 6.07) is 6.92. The number of hydrogen-bond acceptors (Lipinski definition) is 3. The monoisotopic (exact) mass is 315 g/mol. The molecule has 2 aromatic heterocycles. The minimum absolute atomic E-state index is 0.347. The predicted molar refractivity (Wildman–Crippen MR) is 76.6 cm³/mol. The lowest BCUT2D eigenvalue weighted by Crippen LogP contribution is -2.20. The van der Waals surface area contributed by atoms with Gasteiger partial charge in [-0.1, -0.05) is 13.0 Å². The van der Waals surface area contributed by atoms with Crippen LogP contribution in [0, 0.1) is 6.92 Å². The Labute approximate surface area is 113 Å². The average Bonchev–Trinajstić information content (AvgIpc) is 2.86. The molecule has 2 rings (SSSR count). The molecule has 0 spiro atoms. The van der Waals surface area contributed by atoms with E-state index in [2.05, 4.69) is 58.7 Å². The number of nitrogens with one attached hydrogen (secondary N) is 1. The predicted octanol–water partition coefficient (Wildman–Crippen LogP) is 4.58. The molecule has 0 bridgehead atoms. The Morgan fingerprint density at radius 3 is 2.75 bits per heavy atom. The van der Waals surface area contributed by atoms with Gasteiger partial charge < -0.3 is 5.32 Å². The zero-order valence-electron chi connectivity index (χ0n) is 9.29. The lowest BCUT2D eigenvalue weighted by atomic mass is 10.2. The summed E-state index contributed by atoms with van der Waals surface area (Å²) in [5, 5.41) is 5.68. The Balaban J connectivity index is 2.32.